The van der Waals surface area contributed by atoms with E-state index in [1.807, 2.05) is 0 Å². The van der Waals surface area contributed by atoms with E-state index in [1.165, 1.54) is 0 Å². The van der Waals surface area contributed by atoms with Crippen LogP contribution in [-0.4, -0.2) is 59.3 Å². The number of rotatable bonds is 3. The Morgan fingerprint density at radius 3 is 1.12 bits per heavy atom. The standard InChI is InChI=1S/C4H6O6.K.H3O4P.H/c5-1(3(7)8)2(6)4(9)10;;1-5(2,3)4;/h1-2,5-6H,(H,7,8)(H,9,10);;(H3,1,2,3,4);/q;+1;;-1. The van der Waals surface area contributed by atoms with Crippen molar-refractivity contribution in [3.63, 3.8) is 0 Å². The number of aliphatic hydroxyl groups is 2. The molecule has 0 radical (unpaired) electrons. The average Bonchev–Trinajstić information content (AvgIpc) is 1.98. The summed E-state index contributed by atoms with van der Waals surface area (Å²) in [5.74, 6) is -3.54. The van der Waals surface area contributed by atoms with Gasteiger partial charge in [0, 0.05) is 0 Å². The van der Waals surface area contributed by atoms with Crippen molar-refractivity contribution in [3.05, 3.63) is 0 Å². The first kappa shape index (κ1) is 21.8. The third-order valence-corrected chi connectivity index (χ3v) is 0.805. The average molecular weight is 288 g/mol. The van der Waals surface area contributed by atoms with Crippen molar-refractivity contribution in [2.75, 3.05) is 0 Å². The molecule has 12 heteroatoms. The fourth-order valence-electron chi connectivity index (χ4n) is 0.270. The van der Waals surface area contributed by atoms with E-state index < -0.39 is 32.0 Å². The molecule has 0 aromatic carbocycles. The molecule has 92 valence electrons. The minimum absolute atomic E-state index is 0. The number of carboxylic acid groups (broad SMARTS) is 2. The van der Waals surface area contributed by atoms with Crippen LogP contribution in [-0.2, 0) is 14.2 Å². The van der Waals surface area contributed by atoms with Gasteiger partial charge in [0.2, 0.25) is 0 Å². The molecule has 0 aliphatic rings. The van der Waals surface area contributed by atoms with Crippen LogP contribution in [0.2, 0.25) is 0 Å². The van der Waals surface area contributed by atoms with E-state index in [9.17, 15) is 9.59 Å². The molecule has 0 bridgehead atoms. The van der Waals surface area contributed by atoms with Gasteiger partial charge in [0.1, 0.15) is 0 Å². The summed E-state index contributed by atoms with van der Waals surface area (Å²) in [5.41, 5.74) is 0. The van der Waals surface area contributed by atoms with Crippen molar-refractivity contribution >= 4 is 19.8 Å². The Bertz CT molecular complexity index is 251. The maximum absolute atomic E-state index is 9.77. The Morgan fingerprint density at radius 1 is 0.938 bits per heavy atom. The molecular formula is C4H10KO10P. The van der Waals surface area contributed by atoms with Gasteiger partial charge in [0.15, 0.2) is 12.2 Å². The van der Waals surface area contributed by atoms with Crippen LogP contribution in [0.15, 0.2) is 0 Å². The minimum Gasteiger partial charge on any atom is -1.00 e. The zero-order valence-electron chi connectivity index (χ0n) is 8.96. The second kappa shape index (κ2) is 9.62. The predicted molar refractivity (Wildman–Crippen MR) is 42.7 cm³/mol. The van der Waals surface area contributed by atoms with E-state index in [2.05, 4.69) is 0 Å². The van der Waals surface area contributed by atoms with Gasteiger partial charge in [-0.2, -0.15) is 0 Å². The summed E-state index contributed by atoms with van der Waals surface area (Å²) < 4.78 is 8.88. The Balaban J connectivity index is -0.000000105. The molecule has 0 saturated heterocycles. The number of aliphatic carboxylic acids is 2. The van der Waals surface area contributed by atoms with Gasteiger partial charge in [-0.05, 0) is 0 Å². The van der Waals surface area contributed by atoms with Gasteiger partial charge in [-0.15, -0.1) is 0 Å². The SMILES string of the molecule is O=C(O)C(O)C(O)C(=O)O.O=P(O)(O)O.[H-].[K+]. The van der Waals surface area contributed by atoms with E-state index in [1.54, 1.807) is 0 Å². The number of carboxylic acids is 2. The molecule has 0 spiro atoms. The summed E-state index contributed by atoms with van der Waals surface area (Å²) >= 11 is 0. The Morgan fingerprint density at radius 2 is 1.06 bits per heavy atom. The van der Waals surface area contributed by atoms with Crippen LogP contribution in [0.5, 0.6) is 0 Å². The van der Waals surface area contributed by atoms with Gasteiger partial charge in [-0.3, -0.25) is 0 Å². The molecule has 7 N–H and O–H groups in total. The fraction of sp³-hybridized carbons (Fsp3) is 0.500. The topological polar surface area (TPSA) is 193 Å². The predicted octanol–water partition coefficient (Wildman–Crippen LogP) is -5.93. The minimum atomic E-state index is -4.64. The van der Waals surface area contributed by atoms with E-state index in [4.69, 9.17) is 39.7 Å². The molecule has 0 heterocycles. The summed E-state index contributed by atoms with van der Waals surface area (Å²) in [6, 6.07) is 0. The monoisotopic (exact) mass is 288 g/mol. The number of hydrogen-bond acceptors (Lipinski definition) is 5. The molecule has 0 aromatic rings. The molecule has 0 aromatic heterocycles. The van der Waals surface area contributed by atoms with Crippen LogP contribution < -0.4 is 51.4 Å². The van der Waals surface area contributed by atoms with Gasteiger partial charge in [0.25, 0.3) is 0 Å². The zero-order chi connectivity index (χ0) is 12.8. The van der Waals surface area contributed by atoms with Crippen molar-refractivity contribution in [2.24, 2.45) is 0 Å². The molecular weight excluding hydrogens is 278 g/mol. The number of phosphoric acid groups is 1. The maximum atomic E-state index is 9.77. The summed E-state index contributed by atoms with van der Waals surface area (Å²) in [6.07, 6.45) is -4.53. The van der Waals surface area contributed by atoms with Crippen LogP contribution in [0, 0.1) is 0 Å². The van der Waals surface area contributed by atoms with Crippen molar-refractivity contribution < 1.29 is 102 Å². The smallest absolute Gasteiger partial charge is 1.00 e. The van der Waals surface area contributed by atoms with Crippen molar-refractivity contribution in [1.82, 2.24) is 0 Å². The molecule has 10 nitrogen and oxygen atoms in total. The molecule has 0 fully saturated rings. The fourth-order valence-corrected chi connectivity index (χ4v) is 0.270. The van der Waals surface area contributed by atoms with Crippen LogP contribution in [0.4, 0.5) is 0 Å². The van der Waals surface area contributed by atoms with E-state index in [0.717, 1.165) is 0 Å². The van der Waals surface area contributed by atoms with Crippen LogP contribution in [0.25, 0.3) is 0 Å². The third kappa shape index (κ3) is 17.0. The third-order valence-electron chi connectivity index (χ3n) is 0.805. The van der Waals surface area contributed by atoms with Gasteiger partial charge >= 0.3 is 71.1 Å². The van der Waals surface area contributed by atoms with Crippen molar-refractivity contribution in [1.29, 1.82) is 0 Å². The first-order chi connectivity index (χ1) is 6.46. The molecule has 0 aliphatic heterocycles. The first-order valence-corrected chi connectivity index (χ1v) is 4.63. The zero-order valence-corrected chi connectivity index (χ0v) is 12.0. The molecule has 16 heavy (non-hydrogen) atoms. The largest absolute Gasteiger partial charge is 1.00 e. The van der Waals surface area contributed by atoms with Crippen LogP contribution in [0.1, 0.15) is 1.43 Å². The molecule has 0 aliphatic carbocycles. The Hall–Kier alpha value is 0.606. The molecule has 0 saturated carbocycles. The molecule has 0 rings (SSSR count). The summed E-state index contributed by atoms with van der Waals surface area (Å²) in [5, 5.41) is 32.5. The first-order valence-electron chi connectivity index (χ1n) is 3.07. The second-order valence-corrected chi connectivity index (χ2v) is 3.11. The second-order valence-electron chi connectivity index (χ2n) is 2.08. The quantitative estimate of drug-likeness (QED) is 0.194. The van der Waals surface area contributed by atoms with Crippen molar-refractivity contribution in [3.8, 4) is 0 Å². The van der Waals surface area contributed by atoms with Gasteiger partial charge in [-0.25, -0.2) is 14.2 Å². The number of hydrogen-bond donors (Lipinski definition) is 7. The van der Waals surface area contributed by atoms with Crippen molar-refractivity contribution in [2.45, 2.75) is 12.2 Å². The van der Waals surface area contributed by atoms with Gasteiger partial charge in [0.05, 0.1) is 0 Å². The Kier molecular flexibility index (Phi) is 13.1. The van der Waals surface area contributed by atoms with E-state index >= 15 is 0 Å². The molecule has 2 unspecified atom stereocenters. The Labute approximate surface area is 133 Å². The van der Waals surface area contributed by atoms with Gasteiger partial charge < -0.3 is 36.5 Å². The summed E-state index contributed by atoms with van der Waals surface area (Å²) in [4.78, 5) is 41.1. The van der Waals surface area contributed by atoms with Crippen LogP contribution >= 0.6 is 7.82 Å². The van der Waals surface area contributed by atoms with E-state index in [0.29, 0.717) is 0 Å². The van der Waals surface area contributed by atoms with E-state index in [-0.39, 0.29) is 52.8 Å². The summed E-state index contributed by atoms with van der Waals surface area (Å²) in [6.45, 7) is 0. The molecule has 0 amide bonds. The number of aliphatic hydroxyl groups excluding tert-OH is 2. The summed E-state index contributed by atoms with van der Waals surface area (Å²) in [7, 11) is -4.64. The van der Waals surface area contributed by atoms with Gasteiger partial charge in [-0.1, -0.05) is 0 Å². The number of carbonyl (C=O) groups is 2. The van der Waals surface area contributed by atoms with Crippen LogP contribution in [0.3, 0.4) is 0 Å². The maximum Gasteiger partial charge on any atom is 1.00 e. The molecule has 2 atom stereocenters. The normalized spacial score (nSPS) is 13.6.